The van der Waals surface area contributed by atoms with Crippen molar-refractivity contribution in [1.82, 2.24) is 14.5 Å². The molecule has 0 saturated heterocycles. The molecule has 2 aromatic carbocycles. The molecule has 3 N–H and O–H groups in total. The molecule has 0 bridgehead atoms. The van der Waals surface area contributed by atoms with Crippen LogP contribution in [-0.2, 0) is 11.3 Å². The second kappa shape index (κ2) is 10.5. The minimum Gasteiger partial charge on any atom is -0.385 e. The van der Waals surface area contributed by atoms with Gasteiger partial charge >= 0.3 is 5.69 Å². The number of halogens is 1. The number of ether oxygens (including phenoxy) is 1. The number of amides is 1. The summed E-state index contributed by atoms with van der Waals surface area (Å²) in [6.07, 6.45) is 0.417. The van der Waals surface area contributed by atoms with Crippen LogP contribution < -0.4 is 21.9 Å². The van der Waals surface area contributed by atoms with Crippen LogP contribution in [0.25, 0.3) is 10.8 Å². The highest BCUT2D eigenvalue weighted by atomic mass is 35.5. The quantitative estimate of drug-likeness (QED) is 0.287. The van der Waals surface area contributed by atoms with Crippen molar-refractivity contribution in [1.29, 1.82) is 0 Å². The number of pyridine rings is 1. The number of carbonyl (C=O) groups is 1. The summed E-state index contributed by atoms with van der Waals surface area (Å²) in [5.41, 5.74) is 5.63. The molecule has 10 heteroatoms. The van der Waals surface area contributed by atoms with Crippen molar-refractivity contribution in [3.05, 3.63) is 97.9 Å². The molecule has 4 aromatic rings. The van der Waals surface area contributed by atoms with Gasteiger partial charge in [0.1, 0.15) is 16.7 Å². The number of carbonyl (C=O) groups excluding carboxylic acids is 1. The molecule has 0 fully saturated rings. The maximum atomic E-state index is 13.7. The third-order valence-electron chi connectivity index (χ3n) is 5.56. The Kier molecular flexibility index (Phi) is 7.28. The van der Waals surface area contributed by atoms with Gasteiger partial charge in [-0.3, -0.25) is 24.0 Å². The third kappa shape index (κ3) is 5.11. The number of rotatable bonds is 8. The van der Waals surface area contributed by atoms with E-state index in [-0.39, 0.29) is 35.4 Å². The van der Waals surface area contributed by atoms with Crippen LogP contribution in [0.5, 0.6) is 0 Å². The number of fused-ring (bicyclic) bond motifs is 1. The molecule has 0 radical (unpaired) electrons. The summed E-state index contributed by atoms with van der Waals surface area (Å²) in [4.78, 5) is 47.0. The van der Waals surface area contributed by atoms with Gasteiger partial charge in [0.15, 0.2) is 5.69 Å². The fourth-order valence-corrected chi connectivity index (χ4v) is 4.11. The minimum absolute atomic E-state index is 0.0470. The van der Waals surface area contributed by atoms with Gasteiger partial charge in [0.2, 0.25) is 0 Å². The number of anilines is 2. The molecule has 180 valence electrons. The number of benzene rings is 2. The van der Waals surface area contributed by atoms with Gasteiger partial charge in [-0.2, -0.15) is 0 Å². The Bertz CT molecular complexity index is 1480. The lowest BCUT2D eigenvalue weighted by atomic mass is 10.1. The van der Waals surface area contributed by atoms with Gasteiger partial charge in [0, 0.05) is 25.6 Å². The molecule has 0 aliphatic heterocycles. The Labute approximate surface area is 205 Å². The first kappa shape index (κ1) is 24.2. The highest BCUT2D eigenvalue weighted by Crippen LogP contribution is 2.25. The number of aromatic amines is 1. The summed E-state index contributed by atoms with van der Waals surface area (Å²) < 4.78 is 6.35. The Hall–Kier alpha value is -3.95. The topological polar surface area (TPSA) is 123 Å². The highest BCUT2D eigenvalue weighted by Gasteiger charge is 2.26. The number of nitrogens with zero attached hydrogens (tertiary/aromatic N) is 3. The van der Waals surface area contributed by atoms with Gasteiger partial charge in [-0.25, -0.2) is 9.78 Å². The molecule has 35 heavy (non-hydrogen) atoms. The first-order valence-corrected chi connectivity index (χ1v) is 11.3. The molecule has 0 aliphatic carbocycles. The Morgan fingerprint density at radius 3 is 2.60 bits per heavy atom. The van der Waals surface area contributed by atoms with E-state index in [1.54, 1.807) is 12.1 Å². The number of methoxy groups -OCH3 is 1. The van der Waals surface area contributed by atoms with Gasteiger partial charge in [-0.15, -0.1) is 0 Å². The van der Waals surface area contributed by atoms with Gasteiger partial charge in [0.05, 0.1) is 6.54 Å². The van der Waals surface area contributed by atoms with E-state index in [1.165, 1.54) is 16.6 Å². The second-order valence-electron chi connectivity index (χ2n) is 7.89. The smallest absolute Gasteiger partial charge is 0.330 e. The SMILES string of the molecule is COCCCN(C(=O)c1cc2ccccc2c(Cl)n1)c1c(N)n(Cc2ccccc2)c(=O)[nH]c1=O. The van der Waals surface area contributed by atoms with E-state index >= 15 is 0 Å². The Morgan fingerprint density at radius 1 is 1.14 bits per heavy atom. The zero-order valence-electron chi connectivity index (χ0n) is 19.0. The highest BCUT2D eigenvalue weighted by molar-refractivity contribution is 6.34. The van der Waals surface area contributed by atoms with Crippen molar-refractivity contribution in [2.24, 2.45) is 0 Å². The number of nitrogens with one attached hydrogen (secondary N) is 1. The molecule has 2 aromatic heterocycles. The molecule has 1 amide bonds. The van der Waals surface area contributed by atoms with Crippen LogP contribution in [0.3, 0.4) is 0 Å². The Balaban J connectivity index is 1.82. The van der Waals surface area contributed by atoms with Gasteiger partial charge in [0.25, 0.3) is 11.5 Å². The lowest BCUT2D eigenvalue weighted by molar-refractivity contribution is 0.0978. The molecular formula is C25H24ClN5O4. The standard InChI is InChI=1S/C25H24ClN5O4/c1-35-13-7-12-30(24(33)19-14-17-10-5-6-11-18(17)21(26)28-19)20-22(27)31(25(34)29-23(20)32)15-16-8-3-2-4-9-16/h2-6,8-11,14H,7,12-13,15,27H2,1H3,(H,29,32,34). The number of nitrogen functional groups attached to an aromatic ring is 1. The first-order chi connectivity index (χ1) is 16.9. The number of hydrogen-bond donors (Lipinski definition) is 2. The molecule has 4 rings (SSSR count). The Morgan fingerprint density at radius 2 is 1.86 bits per heavy atom. The molecular weight excluding hydrogens is 470 g/mol. The summed E-state index contributed by atoms with van der Waals surface area (Å²) in [5.74, 6) is -0.698. The van der Waals surface area contributed by atoms with Gasteiger partial charge in [-0.1, -0.05) is 66.2 Å². The normalized spacial score (nSPS) is 11.0. The maximum Gasteiger partial charge on any atom is 0.330 e. The van der Waals surface area contributed by atoms with Crippen LogP contribution >= 0.6 is 11.6 Å². The van der Waals surface area contributed by atoms with Crippen LogP contribution in [-0.4, -0.2) is 40.7 Å². The van der Waals surface area contributed by atoms with Crippen molar-refractivity contribution < 1.29 is 9.53 Å². The van der Waals surface area contributed by atoms with E-state index < -0.39 is 17.2 Å². The number of H-pyrrole nitrogens is 1. The fourth-order valence-electron chi connectivity index (χ4n) is 3.85. The van der Waals surface area contributed by atoms with Crippen LogP contribution in [0.15, 0.2) is 70.3 Å². The summed E-state index contributed by atoms with van der Waals surface area (Å²) in [5, 5.41) is 1.59. The van der Waals surface area contributed by atoms with Crippen LogP contribution in [0.1, 0.15) is 22.5 Å². The predicted octanol–water partition coefficient (Wildman–Crippen LogP) is 3.05. The fraction of sp³-hybridized carbons (Fsp3) is 0.200. The first-order valence-electron chi connectivity index (χ1n) is 10.9. The zero-order valence-corrected chi connectivity index (χ0v) is 19.8. The molecule has 0 atom stereocenters. The second-order valence-corrected chi connectivity index (χ2v) is 8.25. The maximum absolute atomic E-state index is 13.7. The molecule has 0 saturated carbocycles. The lowest BCUT2D eigenvalue weighted by Crippen LogP contribution is -2.42. The van der Waals surface area contributed by atoms with Crippen LogP contribution in [0, 0.1) is 0 Å². The van der Waals surface area contributed by atoms with Gasteiger partial charge < -0.3 is 10.5 Å². The monoisotopic (exact) mass is 493 g/mol. The molecule has 2 heterocycles. The summed E-state index contributed by atoms with van der Waals surface area (Å²) in [6.45, 7) is 0.572. The number of hydrogen-bond acceptors (Lipinski definition) is 6. The average Bonchev–Trinajstić information content (AvgIpc) is 2.86. The summed E-state index contributed by atoms with van der Waals surface area (Å²) >= 11 is 6.34. The number of aromatic nitrogens is 3. The van der Waals surface area contributed by atoms with E-state index in [9.17, 15) is 14.4 Å². The van der Waals surface area contributed by atoms with Crippen molar-refractivity contribution >= 4 is 39.8 Å². The van der Waals surface area contributed by atoms with Crippen LogP contribution in [0.4, 0.5) is 11.5 Å². The van der Waals surface area contributed by atoms with E-state index in [4.69, 9.17) is 22.1 Å². The van der Waals surface area contributed by atoms with Crippen molar-refractivity contribution in [2.45, 2.75) is 13.0 Å². The van der Waals surface area contributed by atoms with E-state index in [0.717, 1.165) is 10.9 Å². The molecule has 0 spiro atoms. The molecule has 9 nitrogen and oxygen atoms in total. The lowest BCUT2D eigenvalue weighted by Gasteiger charge is -2.24. The van der Waals surface area contributed by atoms with Crippen molar-refractivity contribution in [3.63, 3.8) is 0 Å². The summed E-state index contributed by atoms with van der Waals surface area (Å²) in [7, 11) is 1.54. The average molecular weight is 494 g/mol. The van der Waals surface area contributed by atoms with E-state index in [1.807, 2.05) is 48.5 Å². The van der Waals surface area contributed by atoms with E-state index in [0.29, 0.717) is 18.4 Å². The van der Waals surface area contributed by atoms with Crippen molar-refractivity contribution in [3.8, 4) is 0 Å². The summed E-state index contributed by atoms with van der Waals surface area (Å²) in [6, 6.07) is 18.1. The number of nitrogens with two attached hydrogens (primary N) is 1. The molecule has 0 aliphatic rings. The van der Waals surface area contributed by atoms with Crippen molar-refractivity contribution in [2.75, 3.05) is 30.9 Å². The van der Waals surface area contributed by atoms with E-state index in [2.05, 4.69) is 9.97 Å². The zero-order chi connectivity index (χ0) is 24.9. The largest absolute Gasteiger partial charge is 0.385 e. The van der Waals surface area contributed by atoms with Gasteiger partial charge in [-0.05, 0) is 23.4 Å². The predicted molar refractivity (Wildman–Crippen MR) is 136 cm³/mol. The van der Waals surface area contributed by atoms with Crippen LogP contribution in [0.2, 0.25) is 5.15 Å². The molecule has 0 unspecified atom stereocenters. The minimum atomic E-state index is -0.769. The third-order valence-corrected chi connectivity index (χ3v) is 5.84.